The van der Waals surface area contributed by atoms with Crippen LogP contribution in [0.2, 0.25) is 5.02 Å². The highest BCUT2D eigenvalue weighted by atomic mass is 35.5. The van der Waals surface area contributed by atoms with Gasteiger partial charge in [-0.1, -0.05) is 11.6 Å². The SMILES string of the molecule is COc1ccc(Nc2cc(Cl)ccc2F)c(N)c1. The minimum Gasteiger partial charge on any atom is -0.497 e. The maximum atomic E-state index is 13.5. The predicted octanol–water partition coefficient (Wildman–Crippen LogP) is 3.81. The van der Waals surface area contributed by atoms with E-state index in [0.29, 0.717) is 22.1 Å². The van der Waals surface area contributed by atoms with Gasteiger partial charge in [-0.2, -0.15) is 0 Å². The third-order valence-electron chi connectivity index (χ3n) is 2.46. The largest absolute Gasteiger partial charge is 0.497 e. The zero-order valence-electron chi connectivity index (χ0n) is 9.71. The third kappa shape index (κ3) is 2.65. The molecule has 18 heavy (non-hydrogen) atoms. The predicted molar refractivity (Wildman–Crippen MR) is 72.1 cm³/mol. The van der Waals surface area contributed by atoms with E-state index < -0.39 is 5.82 Å². The molecule has 0 aliphatic rings. The molecule has 5 heteroatoms. The lowest BCUT2D eigenvalue weighted by molar-refractivity contribution is 0.415. The number of hydrogen-bond donors (Lipinski definition) is 2. The average molecular weight is 267 g/mol. The maximum absolute atomic E-state index is 13.5. The van der Waals surface area contributed by atoms with Crippen LogP contribution in [0.4, 0.5) is 21.5 Å². The molecule has 0 aromatic heterocycles. The maximum Gasteiger partial charge on any atom is 0.146 e. The Labute approximate surface area is 109 Å². The molecule has 0 atom stereocenters. The van der Waals surface area contributed by atoms with Gasteiger partial charge in [0, 0.05) is 11.1 Å². The normalized spacial score (nSPS) is 10.2. The number of methoxy groups -OCH3 is 1. The van der Waals surface area contributed by atoms with E-state index in [4.69, 9.17) is 22.1 Å². The molecule has 2 aromatic rings. The second kappa shape index (κ2) is 5.14. The number of nitrogen functional groups attached to an aromatic ring is 1. The van der Waals surface area contributed by atoms with E-state index in [9.17, 15) is 4.39 Å². The topological polar surface area (TPSA) is 47.3 Å². The number of hydrogen-bond acceptors (Lipinski definition) is 3. The van der Waals surface area contributed by atoms with Gasteiger partial charge in [0.2, 0.25) is 0 Å². The fourth-order valence-electron chi connectivity index (χ4n) is 1.52. The molecule has 2 aromatic carbocycles. The minimum absolute atomic E-state index is 0.277. The van der Waals surface area contributed by atoms with Crippen LogP contribution in [0, 0.1) is 5.82 Å². The average Bonchev–Trinajstić information content (AvgIpc) is 2.36. The fraction of sp³-hybridized carbons (Fsp3) is 0.0769. The molecule has 2 rings (SSSR count). The van der Waals surface area contributed by atoms with Crippen molar-refractivity contribution in [2.45, 2.75) is 0 Å². The van der Waals surface area contributed by atoms with Crippen LogP contribution in [0.5, 0.6) is 5.75 Å². The molecular formula is C13H12ClFN2O. The van der Waals surface area contributed by atoms with Crippen molar-refractivity contribution in [2.75, 3.05) is 18.2 Å². The summed E-state index contributed by atoms with van der Waals surface area (Å²) in [6.07, 6.45) is 0. The van der Waals surface area contributed by atoms with Gasteiger partial charge < -0.3 is 15.8 Å². The zero-order chi connectivity index (χ0) is 13.1. The fourth-order valence-corrected chi connectivity index (χ4v) is 1.69. The Kier molecular flexibility index (Phi) is 3.58. The summed E-state index contributed by atoms with van der Waals surface area (Å²) in [6, 6.07) is 9.39. The van der Waals surface area contributed by atoms with Crippen LogP contribution in [0.3, 0.4) is 0 Å². The molecule has 0 bridgehead atoms. The van der Waals surface area contributed by atoms with Crippen molar-refractivity contribution in [1.82, 2.24) is 0 Å². The van der Waals surface area contributed by atoms with E-state index in [-0.39, 0.29) is 5.69 Å². The molecule has 0 heterocycles. The summed E-state index contributed by atoms with van der Waals surface area (Å²) >= 11 is 5.81. The van der Waals surface area contributed by atoms with E-state index in [1.807, 2.05) is 0 Å². The number of benzene rings is 2. The van der Waals surface area contributed by atoms with Crippen LogP contribution in [0.25, 0.3) is 0 Å². The Morgan fingerprint density at radius 1 is 1.17 bits per heavy atom. The Bertz CT molecular complexity index is 575. The van der Waals surface area contributed by atoms with E-state index in [1.54, 1.807) is 25.3 Å². The first-order valence-electron chi connectivity index (χ1n) is 5.26. The van der Waals surface area contributed by atoms with Gasteiger partial charge in [-0.25, -0.2) is 4.39 Å². The molecule has 0 saturated heterocycles. The molecule has 0 unspecified atom stereocenters. The van der Waals surface area contributed by atoms with Crippen molar-refractivity contribution in [2.24, 2.45) is 0 Å². The van der Waals surface area contributed by atoms with Gasteiger partial charge in [0.25, 0.3) is 0 Å². The Hall–Kier alpha value is -1.94. The number of halogens is 2. The Balaban J connectivity index is 2.31. The van der Waals surface area contributed by atoms with E-state index in [0.717, 1.165) is 0 Å². The third-order valence-corrected chi connectivity index (χ3v) is 2.69. The number of anilines is 3. The highest BCUT2D eigenvalue weighted by Gasteiger charge is 2.06. The Morgan fingerprint density at radius 2 is 1.94 bits per heavy atom. The monoisotopic (exact) mass is 266 g/mol. The van der Waals surface area contributed by atoms with Crippen LogP contribution < -0.4 is 15.8 Å². The summed E-state index contributed by atoms with van der Waals surface area (Å²) in [6.45, 7) is 0. The molecule has 3 nitrogen and oxygen atoms in total. The summed E-state index contributed by atoms with van der Waals surface area (Å²) in [7, 11) is 1.55. The standard InChI is InChI=1S/C13H12ClFN2O/c1-18-9-3-5-12(11(16)7-9)17-13-6-8(14)2-4-10(13)15/h2-7,17H,16H2,1H3. The van der Waals surface area contributed by atoms with Crippen LogP contribution in [0.1, 0.15) is 0 Å². The van der Waals surface area contributed by atoms with Crippen LogP contribution >= 0.6 is 11.6 Å². The van der Waals surface area contributed by atoms with E-state index in [2.05, 4.69) is 5.32 Å². The molecule has 0 saturated carbocycles. The molecule has 3 N–H and O–H groups in total. The first kappa shape index (κ1) is 12.5. The summed E-state index contributed by atoms with van der Waals surface area (Å²) in [5.74, 6) is 0.249. The first-order chi connectivity index (χ1) is 8.60. The van der Waals surface area contributed by atoms with Gasteiger partial charge in [-0.05, 0) is 30.3 Å². The molecule has 94 valence electrons. The number of nitrogens with two attached hydrogens (primary N) is 1. The molecule has 0 aliphatic heterocycles. The first-order valence-corrected chi connectivity index (χ1v) is 5.63. The number of ether oxygens (including phenoxy) is 1. The lowest BCUT2D eigenvalue weighted by Crippen LogP contribution is -1.98. The summed E-state index contributed by atoms with van der Waals surface area (Å²) in [4.78, 5) is 0. The van der Waals surface area contributed by atoms with E-state index >= 15 is 0 Å². The van der Waals surface area contributed by atoms with E-state index in [1.165, 1.54) is 18.2 Å². The van der Waals surface area contributed by atoms with Crippen LogP contribution in [0.15, 0.2) is 36.4 Å². The molecule has 0 radical (unpaired) electrons. The quantitative estimate of drug-likeness (QED) is 0.831. The molecule has 0 aliphatic carbocycles. The number of rotatable bonds is 3. The van der Waals surface area contributed by atoms with Crippen molar-refractivity contribution in [3.8, 4) is 5.75 Å². The highest BCUT2D eigenvalue weighted by Crippen LogP contribution is 2.29. The second-order valence-electron chi connectivity index (χ2n) is 3.70. The van der Waals surface area contributed by atoms with Gasteiger partial charge in [0.15, 0.2) is 0 Å². The summed E-state index contributed by atoms with van der Waals surface area (Å²) in [5.41, 5.74) is 7.17. The summed E-state index contributed by atoms with van der Waals surface area (Å²) in [5, 5.41) is 3.34. The van der Waals surface area contributed by atoms with Gasteiger partial charge >= 0.3 is 0 Å². The molecule has 0 fully saturated rings. The lowest BCUT2D eigenvalue weighted by Gasteiger charge is -2.11. The van der Waals surface area contributed by atoms with Crippen molar-refractivity contribution < 1.29 is 9.13 Å². The number of nitrogens with one attached hydrogen (secondary N) is 1. The Morgan fingerprint density at radius 3 is 2.61 bits per heavy atom. The van der Waals surface area contributed by atoms with Gasteiger partial charge in [0.05, 0.1) is 24.2 Å². The van der Waals surface area contributed by atoms with Crippen molar-refractivity contribution in [1.29, 1.82) is 0 Å². The van der Waals surface area contributed by atoms with Crippen LogP contribution in [-0.2, 0) is 0 Å². The van der Waals surface area contributed by atoms with Crippen LogP contribution in [-0.4, -0.2) is 7.11 Å². The second-order valence-corrected chi connectivity index (χ2v) is 4.14. The highest BCUT2D eigenvalue weighted by molar-refractivity contribution is 6.30. The van der Waals surface area contributed by atoms with Gasteiger partial charge in [-0.15, -0.1) is 0 Å². The van der Waals surface area contributed by atoms with Crippen molar-refractivity contribution in [3.63, 3.8) is 0 Å². The minimum atomic E-state index is -0.394. The van der Waals surface area contributed by atoms with Gasteiger partial charge in [-0.3, -0.25) is 0 Å². The van der Waals surface area contributed by atoms with Gasteiger partial charge in [0.1, 0.15) is 11.6 Å². The smallest absolute Gasteiger partial charge is 0.146 e. The zero-order valence-corrected chi connectivity index (χ0v) is 10.5. The van der Waals surface area contributed by atoms with Crippen molar-refractivity contribution >= 4 is 28.7 Å². The molecule has 0 amide bonds. The van der Waals surface area contributed by atoms with Crippen molar-refractivity contribution in [3.05, 3.63) is 47.2 Å². The lowest BCUT2D eigenvalue weighted by atomic mass is 10.2. The molecule has 0 spiro atoms. The summed E-state index contributed by atoms with van der Waals surface area (Å²) < 4.78 is 18.6. The molecular weight excluding hydrogens is 255 g/mol.